The monoisotopic (exact) mass is 756 g/mol. The Morgan fingerprint density at radius 1 is 0.727 bits per heavy atom. The van der Waals surface area contributed by atoms with Crippen molar-refractivity contribution in [1.82, 2.24) is 28.5 Å². The SMILES string of the molecule is CCCn1cc(-c2cc(OC)c(CCN3CCC(OC4CCN(CCn5cccc(Cn6ccc(=O)[nH]c6=O)c5=O)CC4)CC3)c(OC)c2)c(C)c(C)c1=O. The molecule has 2 aliphatic heterocycles. The maximum absolute atomic E-state index is 13.1. The van der Waals surface area contributed by atoms with Crippen LogP contribution in [-0.2, 0) is 30.8 Å². The topological polar surface area (TPSA) is 133 Å². The first-order valence-corrected chi connectivity index (χ1v) is 19.6. The van der Waals surface area contributed by atoms with Crippen molar-refractivity contribution in [2.75, 3.05) is 53.5 Å². The van der Waals surface area contributed by atoms with E-state index in [1.807, 2.05) is 26.1 Å². The van der Waals surface area contributed by atoms with Crippen molar-refractivity contribution in [3.63, 3.8) is 0 Å². The molecular weight excluding hydrogens is 700 g/mol. The van der Waals surface area contributed by atoms with E-state index in [0.29, 0.717) is 18.7 Å². The van der Waals surface area contributed by atoms with Gasteiger partial charge in [-0.2, -0.15) is 0 Å². The van der Waals surface area contributed by atoms with E-state index in [-0.39, 0.29) is 29.9 Å². The maximum atomic E-state index is 13.1. The number of piperidine rings is 2. The van der Waals surface area contributed by atoms with Gasteiger partial charge in [0.05, 0.1) is 33.0 Å². The third-order valence-corrected chi connectivity index (χ3v) is 11.3. The fraction of sp³-hybridized carbons (Fsp3) is 0.524. The Morgan fingerprint density at radius 3 is 1.96 bits per heavy atom. The van der Waals surface area contributed by atoms with Gasteiger partial charge in [-0.3, -0.25) is 23.9 Å². The quantitative estimate of drug-likeness (QED) is 0.192. The van der Waals surface area contributed by atoms with Gasteiger partial charge in [0.25, 0.3) is 16.7 Å². The Hall–Kier alpha value is -4.72. The van der Waals surface area contributed by atoms with E-state index in [4.69, 9.17) is 14.2 Å². The summed E-state index contributed by atoms with van der Waals surface area (Å²) < 4.78 is 23.3. The lowest BCUT2D eigenvalue weighted by Crippen LogP contribution is -2.43. The molecule has 0 aliphatic carbocycles. The molecule has 13 nitrogen and oxygen atoms in total. The molecule has 13 heteroatoms. The summed E-state index contributed by atoms with van der Waals surface area (Å²) in [6, 6.07) is 8.97. The summed E-state index contributed by atoms with van der Waals surface area (Å²) in [4.78, 5) is 56.6. The summed E-state index contributed by atoms with van der Waals surface area (Å²) in [6.45, 7) is 12.8. The van der Waals surface area contributed by atoms with Crippen LogP contribution in [0.2, 0.25) is 0 Å². The average Bonchev–Trinajstić information content (AvgIpc) is 3.19. The maximum Gasteiger partial charge on any atom is 0.328 e. The lowest BCUT2D eigenvalue weighted by Gasteiger charge is -2.37. The molecule has 296 valence electrons. The number of aryl methyl sites for hydroxylation is 1. The smallest absolute Gasteiger partial charge is 0.328 e. The molecule has 0 atom stereocenters. The van der Waals surface area contributed by atoms with Crippen LogP contribution in [0.4, 0.5) is 0 Å². The molecule has 55 heavy (non-hydrogen) atoms. The fourth-order valence-electron chi connectivity index (χ4n) is 7.94. The number of pyridine rings is 2. The lowest BCUT2D eigenvalue weighted by molar-refractivity contribution is -0.0650. The number of aromatic nitrogens is 4. The molecular formula is C42H56N6O7. The minimum Gasteiger partial charge on any atom is -0.496 e. The number of rotatable bonds is 15. The summed E-state index contributed by atoms with van der Waals surface area (Å²) in [7, 11) is 3.41. The van der Waals surface area contributed by atoms with Crippen molar-refractivity contribution in [3.8, 4) is 22.6 Å². The van der Waals surface area contributed by atoms with Crippen molar-refractivity contribution in [2.24, 2.45) is 0 Å². The molecule has 3 aromatic heterocycles. The highest BCUT2D eigenvalue weighted by Gasteiger charge is 2.27. The first kappa shape index (κ1) is 40.0. The number of hydrogen-bond donors (Lipinski definition) is 1. The van der Waals surface area contributed by atoms with Crippen LogP contribution in [0.1, 0.15) is 61.3 Å². The van der Waals surface area contributed by atoms with Gasteiger partial charge in [0.2, 0.25) is 0 Å². The molecule has 1 aromatic carbocycles. The van der Waals surface area contributed by atoms with Gasteiger partial charge in [-0.1, -0.05) is 13.0 Å². The third-order valence-electron chi connectivity index (χ3n) is 11.3. The molecule has 1 N–H and O–H groups in total. The van der Waals surface area contributed by atoms with Crippen LogP contribution >= 0.6 is 0 Å². The van der Waals surface area contributed by atoms with E-state index in [1.165, 1.54) is 16.8 Å². The van der Waals surface area contributed by atoms with Crippen LogP contribution in [0, 0.1) is 13.8 Å². The summed E-state index contributed by atoms with van der Waals surface area (Å²) >= 11 is 0. The van der Waals surface area contributed by atoms with Crippen LogP contribution in [0.5, 0.6) is 11.5 Å². The van der Waals surface area contributed by atoms with Gasteiger partial charge in [0.15, 0.2) is 0 Å². The van der Waals surface area contributed by atoms with Gasteiger partial charge in [-0.05, 0) is 81.7 Å². The molecule has 0 amide bonds. The molecule has 0 bridgehead atoms. The van der Waals surface area contributed by atoms with Crippen molar-refractivity contribution >= 4 is 0 Å². The van der Waals surface area contributed by atoms with Crippen molar-refractivity contribution in [1.29, 1.82) is 0 Å². The number of hydrogen-bond acceptors (Lipinski definition) is 9. The van der Waals surface area contributed by atoms with Gasteiger partial charge in [-0.25, -0.2) is 4.79 Å². The normalized spacial score (nSPS) is 16.1. The Bertz CT molecular complexity index is 2150. The minimum absolute atomic E-state index is 0.0622. The van der Waals surface area contributed by atoms with Gasteiger partial charge in [0.1, 0.15) is 11.5 Å². The van der Waals surface area contributed by atoms with E-state index in [1.54, 1.807) is 35.6 Å². The number of aromatic amines is 1. The molecule has 5 heterocycles. The fourth-order valence-corrected chi connectivity index (χ4v) is 7.94. The molecule has 4 aromatic rings. The molecule has 2 saturated heterocycles. The number of nitrogens with one attached hydrogen (secondary N) is 1. The minimum atomic E-state index is -0.533. The predicted octanol–water partition coefficient (Wildman–Crippen LogP) is 3.81. The van der Waals surface area contributed by atoms with E-state index in [0.717, 1.165) is 117 Å². The van der Waals surface area contributed by atoms with E-state index in [9.17, 15) is 19.2 Å². The number of likely N-dealkylation sites (tertiary alicyclic amines) is 2. The van der Waals surface area contributed by atoms with Gasteiger partial charge in [-0.15, -0.1) is 0 Å². The predicted molar refractivity (Wildman–Crippen MR) is 214 cm³/mol. The number of H-pyrrole nitrogens is 1. The van der Waals surface area contributed by atoms with E-state index < -0.39 is 11.2 Å². The van der Waals surface area contributed by atoms with Crippen LogP contribution in [0.15, 0.2) is 68.1 Å². The zero-order chi connectivity index (χ0) is 39.1. The molecule has 0 unspecified atom stereocenters. The van der Waals surface area contributed by atoms with Gasteiger partial charge in [0, 0.05) is 99.3 Å². The van der Waals surface area contributed by atoms with Crippen LogP contribution < -0.4 is 31.8 Å². The molecule has 0 saturated carbocycles. The Kier molecular flexibility index (Phi) is 13.3. The molecule has 6 rings (SSSR count). The first-order valence-electron chi connectivity index (χ1n) is 19.6. The van der Waals surface area contributed by atoms with Crippen LogP contribution in [0.3, 0.4) is 0 Å². The van der Waals surface area contributed by atoms with Crippen molar-refractivity contribution < 1.29 is 14.2 Å². The van der Waals surface area contributed by atoms with Crippen molar-refractivity contribution in [3.05, 3.63) is 113 Å². The zero-order valence-corrected chi connectivity index (χ0v) is 33.0. The highest BCUT2D eigenvalue weighted by atomic mass is 16.5. The Morgan fingerprint density at radius 2 is 1.36 bits per heavy atom. The second kappa shape index (κ2) is 18.3. The number of methoxy groups -OCH3 is 2. The first-order chi connectivity index (χ1) is 26.6. The molecule has 2 fully saturated rings. The molecule has 0 spiro atoms. The second-order valence-electron chi connectivity index (χ2n) is 14.9. The average molecular weight is 757 g/mol. The largest absolute Gasteiger partial charge is 0.496 e. The summed E-state index contributed by atoms with van der Waals surface area (Å²) in [5, 5.41) is 0. The van der Waals surface area contributed by atoms with Crippen molar-refractivity contribution in [2.45, 2.75) is 91.1 Å². The number of nitrogens with zero attached hydrogens (tertiary/aromatic N) is 5. The standard InChI is InChI=1S/C42H56N6O7/c1-6-15-47-28-36(29(2)30(3)40(47)50)32-25-37(53-4)35(38(26-32)54-5)13-21-44-17-9-33(10-18-44)55-34-11-19-45(20-12-34)23-24-46-16-7-8-31(41(46)51)27-48-22-14-39(49)43-42(48)52/h7-8,14,16,22,25-26,28,33-34H,6,9-13,15,17-21,23-24,27H2,1-5H3,(H,43,49,52). The van der Waals surface area contributed by atoms with E-state index in [2.05, 4.69) is 33.8 Å². The van der Waals surface area contributed by atoms with Crippen LogP contribution in [0.25, 0.3) is 11.1 Å². The highest BCUT2D eigenvalue weighted by Crippen LogP contribution is 2.37. The summed E-state index contributed by atoms with van der Waals surface area (Å²) in [5.41, 5.74) is 4.22. The Labute approximate surface area is 322 Å². The van der Waals surface area contributed by atoms with Gasteiger partial charge >= 0.3 is 5.69 Å². The third kappa shape index (κ3) is 9.57. The second-order valence-corrected chi connectivity index (χ2v) is 14.9. The highest BCUT2D eigenvalue weighted by molar-refractivity contribution is 5.72. The molecule has 0 radical (unpaired) electrons. The summed E-state index contributed by atoms with van der Waals surface area (Å²) in [5.74, 6) is 1.59. The van der Waals surface area contributed by atoms with E-state index >= 15 is 0 Å². The number of benzene rings is 1. The van der Waals surface area contributed by atoms with Gasteiger partial charge < -0.3 is 33.1 Å². The molecule has 2 aliphatic rings. The number of ether oxygens (including phenoxy) is 3. The summed E-state index contributed by atoms with van der Waals surface area (Å²) in [6.07, 6.45) is 11.3. The lowest BCUT2D eigenvalue weighted by atomic mass is 9.96. The zero-order valence-electron chi connectivity index (χ0n) is 33.0. The van der Waals surface area contributed by atoms with Crippen LogP contribution in [-0.4, -0.2) is 94.2 Å². The Balaban J connectivity index is 0.961.